The van der Waals surface area contributed by atoms with Gasteiger partial charge in [-0.2, -0.15) is 0 Å². The zero-order chi connectivity index (χ0) is 15.8. The number of benzene rings is 1. The molecule has 1 heterocycles. The van der Waals surface area contributed by atoms with E-state index in [9.17, 15) is 4.79 Å². The molecule has 1 aliphatic heterocycles. The van der Waals surface area contributed by atoms with Gasteiger partial charge in [-0.3, -0.25) is 4.79 Å². The van der Waals surface area contributed by atoms with Crippen molar-refractivity contribution in [3.8, 4) is 0 Å². The van der Waals surface area contributed by atoms with Gasteiger partial charge >= 0.3 is 0 Å². The quantitative estimate of drug-likeness (QED) is 0.906. The van der Waals surface area contributed by atoms with Crippen molar-refractivity contribution in [2.75, 3.05) is 19.6 Å². The lowest BCUT2D eigenvalue weighted by atomic mass is 9.86. The van der Waals surface area contributed by atoms with Gasteiger partial charge in [-0.15, -0.1) is 12.4 Å². The molecule has 3 unspecified atom stereocenters. The van der Waals surface area contributed by atoms with Crippen molar-refractivity contribution in [3.63, 3.8) is 0 Å². The number of likely N-dealkylation sites (tertiary alicyclic amines) is 1. The van der Waals surface area contributed by atoms with Crippen LogP contribution in [-0.2, 0) is 4.79 Å². The molecule has 4 rings (SSSR count). The molecule has 4 heteroatoms. The van der Waals surface area contributed by atoms with Crippen LogP contribution in [0.4, 0.5) is 0 Å². The molecule has 3 nitrogen and oxygen atoms in total. The van der Waals surface area contributed by atoms with Crippen molar-refractivity contribution < 1.29 is 4.79 Å². The molecule has 3 aliphatic rings. The number of rotatable bonds is 4. The van der Waals surface area contributed by atoms with Crippen LogP contribution in [0.15, 0.2) is 30.3 Å². The van der Waals surface area contributed by atoms with Crippen molar-refractivity contribution in [2.45, 2.75) is 38.0 Å². The average molecular weight is 349 g/mol. The SMILES string of the molecule is Cl.NC[C@@H]1CN(C(=O)CC2CC3CCC2C3)C[C@H]1c1ccccc1. The highest BCUT2D eigenvalue weighted by atomic mass is 35.5. The Morgan fingerprint density at radius 2 is 1.88 bits per heavy atom. The van der Waals surface area contributed by atoms with Gasteiger partial charge in [-0.25, -0.2) is 0 Å². The first-order valence-corrected chi connectivity index (χ1v) is 9.27. The summed E-state index contributed by atoms with van der Waals surface area (Å²) in [5, 5.41) is 0. The van der Waals surface area contributed by atoms with Gasteiger partial charge in [0, 0.05) is 25.4 Å². The first-order valence-electron chi connectivity index (χ1n) is 9.27. The fourth-order valence-corrected chi connectivity index (χ4v) is 5.37. The van der Waals surface area contributed by atoms with Gasteiger partial charge in [0.25, 0.3) is 0 Å². The maximum Gasteiger partial charge on any atom is 0.222 e. The van der Waals surface area contributed by atoms with Gasteiger partial charge in [0.1, 0.15) is 0 Å². The summed E-state index contributed by atoms with van der Waals surface area (Å²) in [7, 11) is 0. The van der Waals surface area contributed by atoms with E-state index in [1.54, 1.807) is 0 Å². The van der Waals surface area contributed by atoms with E-state index in [1.807, 2.05) is 6.07 Å². The lowest BCUT2D eigenvalue weighted by molar-refractivity contribution is -0.131. The summed E-state index contributed by atoms with van der Waals surface area (Å²) in [6.45, 7) is 2.36. The van der Waals surface area contributed by atoms with E-state index < -0.39 is 0 Å². The first kappa shape index (κ1) is 17.8. The van der Waals surface area contributed by atoms with E-state index >= 15 is 0 Å². The van der Waals surface area contributed by atoms with Crippen LogP contribution >= 0.6 is 12.4 Å². The summed E-state index contributed by atoms with van der Waals surface area (Å²) in [5.41, 5.74) is 7.33. The van der Waals surface area contributed by atoms with E-state index in [2.05, 4.69) is 29.2 Å². The smallest absolute Gasteiger partial charge is 0.222 e. The van der Waals surface area contributed by atoms with E-state index in [1.165, 1.54) is 31.2 Å². The molecule has 2 aliphatic carbocycles. The minimum atomic E-state index is 0. The standard InChI is InChI=1S/C20H28N2O.ClH/c21-11-18-12-22(13-19(18)15-4-2-1-3-5-15)20(23)10-17-9-14-6-7-16(17)8-14;/h1-5,14,16-19H,6-13,21H2;1H/t14?,16?,17?,18-,19+;/m1./s1. The van der Waals surface area contributed by atoms with Crippen molar-refractivity contribution in [1.82, 2.24) is 4.90 Å². The van der Waals surface area contributed by atoms with Crippen molar-refractivity contribution in [2.24, 2.45) is 29.4 Å². The lowest BCUT2D eigenvalue weighted by Crippen LogP contribution is -2.32. The van der Waals surface area contributed by atoms with Crippen molar-refractivity contribution >= 4 is 18.3 Å². The maximum atomic E-state index is 12.8. The highest BCUT2D eigenvalue weighted by molar-refractivity contribution is 5.85. The predicted octanol–water partition coefficient (Wildman–Crippen LogP) is 3.44. The molecule has 3 fully saturated rings. The molecule has 0 radical (unpaired) electrons. The number of fused-ring (bicyclic) bond motifs is 2. The summed E-state index contributed by atoms with van der Waals surface area (Å²) >= 11 is 0. The van der Waals surface area contributed by atoms with Gasteiger partial charge in [0.15, 0.2) is 0 Å². The van der Waals surface area contributed by atoms with Crippen LogP contribution in [0, 0.1) is 23.7 Å². The third-order valence-electron chi connectivity index (χ3n) is 6.65. The summed E-state index contributed by atoms with van der Waals surface area (Å²) in [6, 6.07) is 10.6. The van der Waals surface area contributed by atoms with E-state index in [4.69, 9.17) is 5.73 Å². The van der Waals surface area contributed by atoms with Crippen LogP contribution in [0.1, 0.15) is 43.6 Å². The number of carbonyl (C=O) groups is 1. The third-order valence-corrected chi connectivity index (χ3v) is 6.65. The summed E-state index contributed by atoms with van der Waals surface area (Å²) < 4.78 is 0. The van der Waals surface area contributed by atoms with Gasteiger partial charge < -0.3 is 10.6 Å². The molecule has 1 amide bonds. The molecular formula is C20H29ClN2O. The second-order valence-corrected chi connectivity index (χ2v) is 7.95. The van der Waals surface area contributed by atoms with Crippen LogP contribution in [0.2, 0.25) is 0 Å². The van der Waals surface area contributed by atoms with Gasteiger partial charge in [0.2, 0.25) is 5.91 Å². The maximum absolute atomic E-state index is 12.8. The van der Waals surface area contributed by atoms with E-state index in [0.29, 0.717) is 30.2 Å². The lowest BCUT2D eigenvalue weighted by Gasteiger charge is -2.24. The Morgan fingerprint density at radius 1 is 1.08 bits per heavy atom. The number of halogens is 1. The van der Waals surface area contributed by atoms with Crippen molar-refractivity contribution in [1.29, 1.82) is 0 Å². The Labute approximate surface area is 151 Å². The number of amides is 1. The fraction of sp³-hybridized carbons (Fsp3) is 0.650. The molecule has 0 aromatic heterocycles. The van der Waals surface area contributed by atoms with Crippen LogP contribution in [0.3, 0.4) is 0 Å². The number of nitrogens with two attached hydrogens (primary N) is 1. The molecule has 2 bridgehead atoms. The highest BCUT2D eigenvalue weighted by Gasteiger charge is 2.42. The number of carbonyl (C=O) groups excluding carboxylic acids is 1. The van der Waals surface area contributed by atoms with Gasteiger partial charge in [-0.1, -0.05) is 36.8 Å². The highest BCUT2D eigenvalue weighted by Crippen LogP contribution is 2.49. The first-order chi connectivity index (χ1) is 11.2. The molecule has 24 heavy (non-hydrogen) atoms. The number of hydrogen-bond donors (Lipinski definition) is 1. The second kappa shape index (κ2) is 7.45. The van der Waals surface area contributed by atoms with E-state index in [0.717, 1.165) is 31.3 Å². The molecule has 1 aromatic rings. The van der Waals surface area contributed by atoms with Crippen LogP contribution in [-0.4, -0.2) is 30.4 Å². The summed E-state index contributed by atoms with van der Waals surface area (Å²) in [6.07, 6.45) is 6.23. The van der Waals surface area contributed by atoms with Crippen LogP contribution in [0.25, 0.3) is 0 Å². The predicted molar refractivity (Wildman–Crippen MR) is 99.1 cm³/mol. The average Bonchev–Trinajstić information content (AvgIpc) is 3.30. The molecule has 1 aromatic carbocycles. The molecular weight excluding hydrogens is 320 g/mol. The molecule has 0 spiro atoms. The second-order valence-electron chi connectivity index (χ2n) is 7.95. The Balaban J connectivity index is 0.00000169. The minimum absolute atomic E-state index is 0. The van der Waals surface area contributed by atoms with Gasteiger partial charge in [-0.05, 0) is 55.0 Å². The number of hydrogen-bond acceptors (Lipinski definition) is 2. The normalized spacial score (nSPS) is 34.4. The Hall–Kier alpha value is -1.06. The van der Waals surface area contributed by atoms with E-state index in [-0.39, 0.29) is 12.4 Å². The summed E-state index contributed by atoms with van der Waals surface area (Å²) in [4.78, 5) is 14.9. The third kappa shape index (κ3) is 3.34. The van der Waals surface area contributed by atoms with Gasteiger partial charge in [0.05, 0.1) is 0 Å². The van der Waals surface area contributed by atoms with Crippen LogP contribution in [0.5, 0.6) is 0 Å². The molecule has 1 saturated heterocycles. The van der Waals surface area contributed by atoms with Crippen LogP contribution < -0.4 is 5.73 Å². The fourth-order valence-electron chi connectivity index (χ4n) is 5.37. The minimum Gasteiger partial charge on any atom is -0.342 e. The topological polar surface area (TPSA) is 46.3 Å². The molecule has 5 atom stereocenters. The number of nitrogens with zero attached hydrogens (tertiary/aromatic N) is 1. The zero-order valence-corrected chi connectivity index (χ0v) is 15.1. The summed E-state index contributed by atoms with van der Waals surface area (Å²) in [5.74, 6) is 3.60. The molecule has 2 N–H and O–H groups in total. The zero-order valence-electron chi connectivity index (χ0n) is 14.3. The molecule has 132 valence electrons. The monoisotopic (exact) mass is 348 g/mol. The molecule has 2 saturated carbocycles. The Morgan fingerprint density at radius 3 is 2.50 bits per heavy atom. The Bertz CT molecular complexity index is 564. The largest absolute Gasteiger partial charge is 0.342 e. The van der Waals surface area contributed by atoms with Crippen molar-refractivity contribution in [3.05, 3.63) is 35.9 Å². The Kier molecular flexibility index (Phi) is 5.51.